The van der Waals surface area contributed by atoms with E-state index in [0.717, 1.165) is 9.35 Å². The van der Waals surface area contributed by atoms with E-state index in [9.17, 15) is 8.42 Å². The Bertz CT molecular complexity index is 653. The van der Waals surface area contributed by atoms with E-state index in [0.29, 0.717) is 12.2 Å². The van der Waals surface area contributed by atoms with Gasteiger partial charge >= 0.3 is 0 Å². The van der Waals surface area contributed by atoms with E-state index < -0.39 is 10.0 Å². The normalized spacial score (nSPS) is 11.4. The van der Waals surface area contributed by atoms with E-state index in [4.69, 9.17) is 5.14 Å². The molecule has 0 atom stereocenters. The molecule has 0 saturated carbocycles. The summed E-state index contributed by atoms with van der Waals surface area (Å²) in [6.07, 6.45) is 0. The molecule has 0 radical (unpaired) electrons. The van der Waals surface area contributed by atoms with Crippen molar-refractivity contribution in [3.63, 3.8) is 0 Å². The maximum Gasteiger partial charge on any atom is 0.240 e. The second-order valence-electron chi connectivity index (χ2n) is 3.63. The number of hydrogen-bond acceptors (Lipinski definition) is 4. The van der Waals surface area contributed by atoms with Crippen LogP contribution in [0.25, 0.3) is 0 Å². The summed E-state index contributed by atoms with van der Waals surface area (Å²) < 4.78 is 23.8. The van der Waals surface area contributed by atoms with Crippen molar-refractivity contribution in [3.8, 4) is 0 Å². The fraction of sp³-hybridized carbons (Fsp3) is 0.0909. The summed E-state index contributed by atoms with van der Waals surface area (Å²) in [5.74, 6) is 0. The molecule has 0 saturated heterocycles. The second kappa shape index (κ2) is 5.40. The molecule has 0 bridgehead atoms. The number of primary sulfonamides is 1. The summed E-state index contributed by atoms with van der Waals surface area (Å²) in [5.41, 5.74) is 0.518. The molecular formula is C11H11BrN2O2S2. The van der Waals surface area contributed by atoms with Crippen LogP contribution in [0.4, 0.5) is 5.69 Å². The third kappa shape index (κ3) is 3.32. The van der Waals surface area contributed by atoms with Crippen LogP contribution in [0.2, 0.25) is 0 Å². The lowest BCUT2D eigenvalue weighted by atomic mass is 10.3. The number of halogens is 1. The fourth-order valence-electron chi connectivity index (χ4n) is 1.49. The molecule has 1 aromatic heterocycles. The number of nitrogens with one attached hydrogen (secondary N) is 1. The van der Waals surface area contributed by atoms with Crippen LogP contribution in [-0.4, -0.2) is 8.42 Å². The molecule has 0 spiro atoms. The van der Waals surface area contributed by atoms with Gasteiger partial charge in [0, 0.05) is 21.3 Å². The Morgan fingerprint density at radius 1 is 1.33 bits per heavy atom. The highest BCUT2D eigenvalue weighted by Crippen LogP contribution is 2.23. The average molecular weight is 347 g/mol. The van der Waals surface area contributed by atoms with Gasteiger partial charge < -0.3 is 5.32 Å². The van der Waals surface area contributed by atoms with Crippen LogP contribution in [0.5, 0.6) is 0 Å². The SMILES string of the molecule is NS(=O)(=O)c1ccccc1NCc1cc(Br)cs1. The Balaban J connectivity index is 2.20. The van der Waals surface area contributed by atoms with Crippen LogP contribution < -0.4 is 10.5 Å². The van der Waals surface area contributed by atoms with Gasteiger partial charge in [-0.2, -0.15) is 0 Å². The zero-order chi connectivity index (χ0) is 13.2. The van der Waals surface area contributed by atoms with Gasteiger partial charge in [0.15, 0.2) is 0 Å². The van der Waals surface area contributed by atoms with E-state index in [1.54, 1.807) is 29.5 Å². The highest BCUT2D eigenvalue weighted by atomic mass is 79.9. The van der Waals surface area contributed by atoms with Crippen LogP contribution in [0.1, 0.15) is 4.88 Å². The number of benzene rings is 1. The number of hydrogen-bond donors (Lipinski definition) is 2. The van der Waals surface area contributed by atoms with Crippen molar-refractivity contribution in [2.24, 2.45) is 5.14 Å². The molecule has 2 rings (SSSR count). The van der Waals surface area contributed by atoms with Gasteiger partial charge in [-0.3, -0.25) is 0 Å². The van der Waals surface area contributed by atoms with E-state index in [2.05, 4.69) is 21.2 Å². The molecular weight excluding hydrogens is 336 g/mol. The van der Waals surface area contributed by atoms with Crippen molar-refractivity contribution >= 4 is 43.0 Å². The predicted octanol–water partition coefficient (Wildman–Crippen LogP) is 2.77. The zero-order valence-corrected chi connectivity index (χ0v) is 12.5. The molecule has 0 unspecified atom stereocenters. The molecule has 0 amide bonds. The van der Waals surface area contributed by atoms with E-state index in [1.807, 2.05) is 11.4 Å². The lowest BCUT2D eigenvalue weighted by Gasteiger charge is -2.09. The first-order valence-corrected chi connectivity index (χ1v) is 8.27. The molecule has 7 heteroatoms. The molecule has 0 fully saturated rings. The van der Waals surface area contributed by atoms with Crippen LogP contribution >= 0.6 is 27.3 Å². The highest BCUT2D eigenvalue weighted by Gasteiger charge is 2.12. The van der Waals surface area contributed by atoms with Crippen LogP contribution in [-0.2, 0) is 16.6 Å². The monoisotopic (exact) mass is 346 g/mol. The molecule has 0 aliphatic rings. The van der Waals surface area contributed by atoms with Crippen molar-refractivity contribution in [2.45, 2.75) is 11.4 Å². The predicted molar refractivity (Wildman–Crippen MR) is 77.2 cm³/mol. The zero-order valence-electron chi connectivity index (χ0n) is 9.26. The summed E-state index contributed by atoms with van der Waals surface area (Å²) >= 11 is 4.96. The number of anilines is 1. The van der Waals surface area contributed by atoms with Gasteiger partial charge in [0.1, 0.15) is 4.90 Å². The number of nitrogens with two attached hydrogens (primary N) is 1. The van der Waals surface area contributed by atoms with E-state index in [1.165, 1.54) is 6.07 Å². The van der Waals surface area contributed by atoms with E-state index in [-0.39, 0.29) is 4.90 Å². The lowest BCUT2D eigenvalue weighted by Crippen LogP contribution is -2.14. The second-order valence-corrected chi connectivity index (χ2v) is 7.07. The van der Waals surface area contributed by atoms with Gasteiger partial charge in [-0.25, -0.2) is 13.6 Å². The fourth-order valence-corrected chi connectivity index (χ4v) is 3.60. The maximum absolute atomic E-state index is 11.4. The average Bonchev–Trinajstić information content (AvgIpc) is 2.72. The van der Waals surface area contributed by atoms with Gasteiger partial charge in [-0.15, -0.1) is 11.3 Å². The minimum absolute atomic E-state index is 0.112. The van der Waals surface area contributed by atoms with Crippen LogP contribution in [0.15, 0.2) is 45.1 Å². The summed E-state index contributed by atoms with van der Waals surface area (Å²) in [6, 6.07) is 8.58. The third-order valence-corrected chi connectivity index (χ3v) is 4.94. The van der Waals surface area contributed by atoms with Gasteiger partial charge in [0.05, 0.1) is 5.69 Å². The molecule has 2 aromatic rings. The Morgan fingerprint density at radius 3 is 2.67 bits per heavy atom. The first-order valence-electron chi connectivity index (χ1n) is 5.05. The van der Waals surface area contributed by atoms with Crippen molar-refractivity contribution < 1.29 is 8.42 Å². The lowest BCUT2D eigenvalue weighted by molar-refractivity contribution is 0.598. The molecule has 0 aliphatic carbocycles. The van der Waals surface area contributed by atoms with Crippen LogP contribution in [0, 0.1) is 0 Å². The molecule has 4 nitrogen and oxygen atoms in total. The van der Waals surface area contributed by atoms with Crippen molar-refractivity contribution in [1.82, 2.24) is 0 Å². The minimum Gasteiger partial charge on any atom is -0.379 e. The molecule has 18 heavy (non-hydrogen) atoms. The van der Waals surface area contributed by atoms with Gasteiger partial charge in [-0.1, -0.05) is 12.1 Å². The first kappa shape index (κ1) is 13.5. The van der Waals surface area contributed by atoms with Crippen molar-refractivity contribution in [1.29, 1.82) is 0 Å². The van der Waals surface area contributed by atoms with Gasteiger partial charge in [-0.05, 0) is 34.1 Å². The Labute approximate surface area is 118 Å². The molecule has 1 heterocycles. The topological polar surface area (TPSA) is 72.2 Å². The molecule has 1 aromatic carbocycles. The quantitative estimate of drug-likeness (QED) is 0.893. The number of rotatable bonds is 4. The Hall–Kier alpha value is -0.890. The molecule has 3 N–H and O–H groups in total. The van der Waals surface area contributed by atoms with Gasteiger partial charge in [0.25, 0.3) is 0 Å². The maximum atomic E-state index is 11.4. The summed E-state index contributed by atoms with van der Waals surface area (Å²) in [7, 11) is -3.70. The summed E-state index contributed by atoms with van der Waals surface area (Å²) in [5, 5.41) is 10.2. The molecule has 0 aliphatic heterocycles. The minimum atomic E-state index is -3.70. The highest BCUT2D eigenvalue weighted by molar-refractivity contribution is 9.10. The Kier molecular flexibility index (Phi) is 4.06. The summed E-state index contributed by atoms with van der Waals surface area (Å²) in [6.45, 7) is 0.558. The number of sulfonamides is 1. The van der Waals surface area contributed by atoms with Gasteiger partial charge in [0.2, 0.25) is 10.0 Å². The third-order valence-electron chi connectivity index (χ3n) is 2.27. The van der Waals surface area contributed by atoms with Crippen molar-refractivity contribution in [2.75, 3.05) is 5.32 Å². The Morgan fingerprint density at radius 2 is 2.06 bits per heavy atom. The molecule has 96 valence electrons. The largest absolute Gasteiger partial charge is 0.379 e. The van der Waals surface area contributed by atoms with Crippen LogP contribution in [0.3, 0.4) is 0 Å². The first-order chi connectivity index (χ1) is 8.47. The summed E-state index contributed by atoms with van der Waals surface area (Å²) in [4.78, 5) is 1.21. The standard InChI is InChI=1S/C11H11BrN2O2S2/c12-8-5-9(17-7-8)6-14-10-3-1-2-4-11(10)18(13,15)16/h1-5,7,14H,6H2,(H2,13,15,16). The number of thiophene rings is 1. The number of para-hydroxylation sites is 1. The van der Waals surface area contributed by atoms with Crippen molar-refractivity contribution in [3.05, 3.63) is 45.1 Å². The smallest absolute Gasteiger partial charge is 0.240 e. The van der Waals surface area contributed by atoms with E-state index >= 15 is 0 Å².